The average molecular weight is 203 g/mol. The van der Waals surface area contributed by atoms with Crippen LogP contribution in [0.5, 0.6) is 0 Å². The number of thiol groups is 1. The van der Waals surface area contributed by atoms with Gasteiger partial charge in [-0.3, -0.25) is 0 Å². The van der Waals surface area contributed by atoms with Crippen molar-refractivity contribution in [2.24, 2.45) is 0 Å². The lowest BCUT2D eigenvalue weighted by atomic mass is 9.94. The summed E-state index contributed by atoms with van der Waals surface area (Å²) in [6, 6.07) is 0. The van der Waals surface area contributed by atoms with Crippen molar-refractivity contribution < 1.29 is 5.11 Å². The fourth-order valence-corrected chi connectivity index (χ4v) is 2.00. The fourth-order valence-electron chi connectivity index (χ4n) is 1.09. The summed E-state index contributed by atoms with van der Waals surface area (Å²) in [5.74, 6) is 0. The first-order chi connectivity index (χ1) is 5.62. The SMILES string of the molecule is CCC(O)(CC)c1csc(S)n1. The summed E-state index contributed by atoms with van der Waals surface area (Å²) in [5.41, 5.74) is -0.000185. The Morgan fingerprint density at radius 3 is 2.50 bits per heavy atom. The van der Waals surface area contributed by atoms with Crippen LogP contribution in [-0.4, -0.2) is 10.1 Å². The van der Waals surface area contributed by atoms with E-state index in [1.807, 2.05) is 19.2 Å². The molecule has 1 aromatic heterocycles. The summed E-state index contributed by atoms with van der Waals surface area (Å²) in [7, 11) is 0. The van der Waals surface area contributed by atoms with E-state index in [0.717, 1.165) is 5.69 Å². The molecule has 0 spiro atoms. The largest absolute Gasteiger partial charge is 0.384 e. The van der Waals surface area contributed by atoms with Gasteiger partial charge in [0.25, 0.3) is 0 Å². The van der Waals surface area contributed by atoms with Crippen LogP contribution in [0.15, 0.2) is 9.72 Å². The lowest BCUT2D eigenvalue weighted by molar-refractivity contribution is 0.0242. The van der Waals surface area contributed by atoms with E-state index in [1.54, 1.807) is 0 Å². The number of hydrogen-bond acceptors (Lipinski definition) is 4. The molecule has 1 heterocycles. The number of rotatable bonds is 3. The molecule has 2 nitrogen and oxygen atoms in total. The van der Waals surface area contributed by atoms with Gasteiger partial charge in [0.2, 0.25) is 0 Å². The van der Waals surface area contributed by atoms with Crippen molar-refractivity contribution >= 4 is 24.0 Å². The third-order valence-electron chi connectivity index (χ3n) is 2.14. The minimum Gasteiger partial charge on any atom is -0.384 e. The van der Waals surface area contributed by atoms with Crippen LogP contribution in [0.2, 0.25) is 0 Å². The van der Waals surface area contributed by atoms with Gasteiger partial charge < -0.3 is 5.11 Å². The molecule has 0 saturated heterocycles. The molecule has 4 heteroatoms. The Bertz CT molecular complexity index is 255. The van der Waals surface area contributed by atoms with Gasteiger partial charge in [0.1, 0.15) is 9.94 Å². The number of thiazole rings is 1. The molecule has 1 rings (SSSR count). The quantitative estimate of drug-likeness (QED) is 0.740. The van der Waals surface area contributed by atoms with Crippen molar-refractivity contribution in [2.45, 2.75) is 36.6 Å². The Morgan fingerprint density at radius 1 is 1.58 bits per heavy atom. The van der Waals surface area contributed by atoms with Crippen LogP contribution in [0.4, 0.5) is 0 Å². The van der Waals surface area contributed by atoms with E-state index in [9.17, 15) is 5.11 Å². The van der Waals surface area contributed by atoms with E-state index in [2.05, 4.69) is 17.6 Å². The molecular formula is C8H13NOS2. The first kappa shape index (κ1) is 10.0. The van der Waals surface area contributed by atoms with Crippen LogP contribution >= 0.6 is 24.0 Å². The molecule has 0 unspecified atom stereocenters. The van der Waals surface area contributed by atoms with Gasteiger partial charge >= 0.3 is 0 Å². The highest BCUT2D eigenvalue weighted by Gasteiger charge is 2.27. The van der Waals surface area contributed by atoms with E-state index >= 15 is 0 Å². The zero-order valence-electron chi connectivity index (χ0n) is 7.24. The Morgan fingerprint density at radius 2 is 2.17 bits per heavy atom. The van der Waals surface area contributed by atoms with Crippen LogP contribution in [-0.2, 0) is 5.60 Å². The normalized spacial score (nSPS) is 12.0. The molecule has 68 valence electrons. The highest BCUT2D eigenvalue weighted by molar-refractivity contribution is 7.82. The maximum atomic E-state index is 10.0. The number of aromatic nitrogens is 1. The second kappa shape index (κ2) is 3.77. The highest BCUT2D eigenvalue weighted by Crippen LogP contribution is 2.29. The summed E-state index contributed by atoms with van der Waals surface area (Å²) < 4.78 is 0.713. The first-order valence-electron chi connectivity index (χ1n) is 3.99. The monoisotopic (exact) mass is 203 g/mol. The highest BCUT2D eigenvalue weighted by atomic mass is 32.2. The van der Waals surface area contributed by atoms with Gasteiger partial charge in [0.15, 0.2) is 0 Å². The van der Waals surface area contributed by atoms with Gasteiger partial charge in [-0.25, -0.2) is 4.98 Å². The molecule has 0 bridgehead atoms. The zero-order chi connectivity index (χ0) is 9.19. The number of nitrogens with zero attached hydrogens (tertiary/aromatic N) is 1. The first-order valence-corrected chi connectivity index (χ1v) is 5.32. The lowest BCUT2D eigenvalue weighted by Crippen LogP contribution is -2.23. The molecule has 0 fully saturated rings. The Kier molecular flexibility index (Phi) is 3.15. The summed E-state index contributed by atoms with van der Waals surface area (Å²) in [4.78, 5) is 4.16. The van der Waals surface area contributed by atoms with Crippen molar-refractivity contribution in [3.05, 3.63) is 11.1 Å². The minimum absolute atomic E-state index is 0.695. The van der Waals surface area contributed by atoms with Crippen molar-refractivity contribution in [3.8, 4) is 0 Å². The van der Waals surface area contributed by atoms with Crippen LogP contribution in [0.25, 0.3) is 0 Å². The third-order valence-corrected chi connectivity index (χ3v) is 3.20. The van der Waals surface area contributed by atoms with Gasteiger partial charge in [-0.2, -0.15) is 0 Å². The maximum absolute atomic E-state index is 10.0. The minimum atomic E-state index is -0.752. The smallest absolute Gasteiger partial charge is 0.147 e. The molecule has 0 saturated carbocycles. The predicted molar refractivity (Wildman–Crippen MR) is 53.8 cm³/mol. The third kappa shape index (κ3) is 1.81. The summed E-state index contributed by atoms with van der Waals surface area (Å²) in [6.45, 7) is 3.92. The molecule has 0 aliphatic carbocycles. The second-order valence-corrected chi connectivity index (χ2v) is 4.34. The summed E-state index contributed by atoms with van der Waals surface area (Å²) in [5, 5.41) is 11.9. The van der Waals surface area contributed by atoms with Crippen molar-refractivity contribution in [2.75, 3.05) is 0 Å². The summed E-state index contributed by atoms with van der Waals surface area (Å²) >= 11 is 5.57. The Balaban J connectivity index is 2.94. The van der Waals surface area contributed by atoms with Gasteiger partial charge in [-0.15, -0.1) is 24.0 Å². The molecule has 12 heavy (non-hydrogen) atoms. The topological polar surface area (TPSA) is 33.1 Å². The molecular weight excluding hydrogens is 190 g/mol. The van der Waals surface area contributed by atoms with E-state index in [0.29, 0.717) is 17.2 Å². The second-order valence-electron chi connectivity index (χ2n) is 2.75. The van der Waals surface area contributed by atoms with Crippen LogP contribution in [0, 0.1) is 0 Å². The van der Waals surface area contributed by atoms with Gasteiger partial charge in [-0.1, -0.05) is 13.8 Å². The van der Waals surface area contributed by atoms with Gasteiger partial charge in [-0.05, 0) is 12.8 Å². The Hall–Kier alpha value is -0.0600. The van der Waals surface area contributed by atoms with Crippen molar-refractivity contribution in [1.29, 1.82) is 0 Å². The van der Waals surface area contributed by atoms with Crippen molar-refractivity contribution in [3.63, 3.8) is 0 Å². The average Bonchev–Trinajstić information content (AvgIpc) is 2.51. The number of aliphatic hydroxyl groups is 1. The van der Waals surface area contributed by atoms with Gasteiger partial charge in [0.05, 0.1) is 5.69 Å². The molecule has 0 aliphatic rings. The molecule has 1 aromatic rings. The molecule has 0 atom stereocenters. The predicted octanol–water partition coefficient (Wildman–Crippen LogP) is 2.44. The van der Waals surface area contributed by atoms with E-state index in [-0.39, 0.29) is 0 Å². The van der Waals surface area contributed by atoms with E-state index in [4.69, 9.17) is 0 Å². The molecule has 1 N–H and O–H groups in total. The molecule has 0 radical (unpaired) electrons. The fraction of sp³-hybridized carbons (Fsp3) is 0.625. The van der Waals surface area contributed by atoms with Crippen LogP contribution in [0.1, 0.15) is 32.4 Å². The maximum Gasteiger partial charge on any atom is 0.147 e. The van der Waals surface area contributed by atoms with Crippen molar-refractivity contribution in [1.82, 2.24) is 4.98 Å². The standard InChI is InChI=1S/C8H13NOS2/c1-3-8(10,4-2)6-5-12-7(11)9-6/h5,10H,3-4H2,1-2H3,(H,9,11). The Labute approximate surface area is 82.1 Å². The van der Waals surface area contributed by atoms with E-state index < -0.39 is 5.60 Å². The van der Waals surface area contributed by atoms with E-state index in [1.165, 1.54) is 11.3 Å². The zero-order valence-corrected chi connectivity index (χ0v) is 8.95. The van der Waals surface area contributed by atoms with Gasteiger partial charge in [0, 0.05) is 5.38 Å². The lowest BCUT2D eigenvalue weighted by Gasteiger charge is -2.22. The molecule has 0 aromatic carbocycles. The molecule has 0 amide bonds. The van der Waals surface area contributed by atoms with Crippen LogP contribution < -0.4 is 0 Å². The summed E-state index contributed by atoms with van der Waals surface area (Å²) in [6.07, 6.45) is 1.39. The number of hydrogen-bond donors (Lipinski definition) is 2. The molecule has 0 aliphatic heterocycles. The van der Waals surface area contributed by atoms with Crippen LogP contribution in [0.3, 0.4) is 0 Å².